The quantitative estimate of drug-likeness (QED) is 0.868. The Labute approximate surface area is 120 Å². The van der Waals surface area contributed by atoms with Gasteiger partial charge in [-0.3, -0.25) is 4.79 Å². The Morgan fingerprint density at radius 1 is 1.10 bits per heavy atom. The highest BCUT2D eigenvalue weighted by atomic mass is 32.1. The summed E-state index contributed by atoms with van der Waals surface area (Å²) >= 11 is 1.56. The van der Waals surface area contributed by atoms with Crippen LogP contribution in [0.15, 0.2) is 47.8 Å². The van der Waals surface area contributed by atoms with Gasteiger partial charge in [0.05, 0.1) is 6.54 Å². The van der Waals surface area contributed by atoms with Crippen molar-refractivity contribution >= 4 is 23.3 Å². The fourth-order valence-corrected chi connectivity index (χ4v) is 2.89. The van der Waals surface area contributed by atoms with E-state index in [0.29, 0.717) is 6.42 Å². The zero-order valence-electron chi connectivity index (χ0n) is 10.7. The molecule has 2 amide bonds. The van der Waals surface area contributed by atoms with E-state index in [1.165, 1.54) is 4.90 Å². The maximum Gasteiger partial charge on any atom is 0.417 e. The highest BCUT2D eigenvalue weighted by molar-refractivity contribution is 7.09. The van der Waals surface area contributed by atoms with Gasteiger partial charge in [-0.2, -0.15) is 0 Å². The SMILES string of the molecule is O=C1OC(Cc2cccs2)C(=O)N1Cc1ccccc1. The molecule has 102 valence electrons. The molecule has 0 spiro atoms. The van der Waals surface area contributed by atoms with Crippen molar-refractivity contribution in [1.29, 1.82) is 0 Å². The summed E-state index contributed by atoms with van der Waals surface area (Å²) in [6.45, 7) is 0.263. The molecule has 2 aromatic rings. The number of rotatable bonds is 4. The van der Waals surface area contributed by atoms with Crippen molar-refractivity contribution < 1.29 is 14.3 Å². The second kappa shape index (κ2) is 5.46. The van der Waals surface area contributed by atoms with Gasteiger partial charge in [0.1, 0.15) is 0 Å². The average molecular weight is 287 g/mol. The number of carbonyl (C=O) groups is 2. The third-order valence-corrected chi connectivity index (χ3v) is 4.05. The number of hydrogen-bond donors (Lipinski definition) is 0. The summed E-state index contributed by atoms with van der Waals surface area (Å²) in [4.78, 5) is 26.3. The Morgan fingerprint density at radius 2 is 1.90 bits per heavy atom. The van der Waals surface area contributed by atoms with Crippen LogP contribution >= 0.6 is 11.3 Å². The van der Waals surface area contributed by atoms with Crippen LogP contribution in [0.1, 0.15) is 10.4 Å². The van der Waals surface area contributed by atoms with E-state index in [-0.39, 0.29) is 12.5 Å². The van der Waals surface area contributed by atoms with Crippen LogP contribution in [0, 0.1) is 0 Å². The number of thiophene rings is 1. The third-order valence-electron chi connectivity index (χ3n) is 3.16. The number of amides is 2. The minimum absolute atomic E-state index is 0.257. The van der Waals surface area contributed by atoms with Gasteiger partial charge in [-0.15, -0.1) is 11.3 Å². The van der Waals surface area contributed by atoms with Crippen LogP contribution < -0.4 is 0 Å². The molecule has 0 radical (unpaired) electrons. The number of benzene rings is 1. The minimum Gasteiger partial charge on any atom is -0.435 e. The highest BCUT2D eigenvalue weighted by Gasteiger charge is 2.40. The Hall–Kier alpha value is -2.14. The Bertz CT molecular complexity index is 609. The number of ether oxygens (including phenoxy) is 1. The van der Waals surface area contributed by atoms with Crippen LogP contribution in [0.2, 0.25) is 0 Å². The monoisotopic (exact) mass is 287 g/mol. The number of hydrogen-bond acceptors (Lipinski definition) is 4. The largest absolute Gasteiger partial charge is 0.435 e. The van der Waals surface area contributed by atoms with Gasteiger partial charge >= 0.3 is 6.09 Å². The molecule has 1 fully saturated rings. The molecule has 1 aromatic heterocycles. The van der Waals surface area contributed by atoms with Crippen LogP contribution in [0.4, 0.5) is 4.79 Å². The molecule has 3 rings (SSSR count). The van der Waals surface area contributed by atoms with E-state index in [1.54, 1.807) is 11.3 Å². The first-order chi connectivity index (χ1) is 9.74. The maximum absolute atomic E-state index is 12.2. The van der Waals surface area contributed by atoms with Crippen LogP contribution in [0.25, 0.3) is 0 Å². The van der Waals surface area contributed by atoms with Crippen molar-refractivity contribution in [2.75, 3.05) is 0 Å². The molecule has 1 aliphatic rings. The van der Waals surface area contributed by atoms with E-state index < -0.39 is 12.2 Å². The van der Waals surface area contributed by atoms with Gasteiger partial charge in [-0.05, 0) is 17.0 Å². The zero-order valence-corrected chi connectivity index (χ0v) is 11.5. The summed E-state index contributed by atoms with van der Waals surface area (Å²) in [5.41, 5.74) is 0.912. The van der Waals surface area contributed by atoms with E-state index in [9.17, 15) is 9.59 Å². The van der Waals surface area contributed by atoms with Crippen molar-refractivity contribution in [3.63, 3.8) is 0 Å². The molecule has 20 heavy (non-hydrogen) atoms. The molecule has 0 bridgehead atoms. The summed E-state index contributed by atoms with van der Waals surface area (Å²) in [5.74, 6) is -0.257. The van der Waals surface area contributed by atoms with E-state index in [4.69, 9.17) is 4.74 Å². The van der Waals surface area contributed by atoms with Crippen LogP contribution in [-0.2, 0) is 22.5 Å². The summed E-state index contributed by atoms with van der Waals surface area (Å²) in [5, 5.41) is 1.94. The second-order valence-electron chi connectivity index (χ2n) is 4.57. The van der Waals surface area contributed by atoms with Gasteiger partial charge in [0.15, 0.2) is 6.10 Å². The summed E-state index contributed by atoms with van der Waals surface area (Å²) < 4.78 is 5.18. The lowest BCUT2D eigenvalue weighted by Crippen LogP contribution is -2.31. The molecule has 1 unspecified atom stereocenters. The lowest BCUT2D eigenvalue weighted by atomic mass is 10.2. The molecule has 2 heterocycles. The molecule has 1 saturated heterocycles. The first-order valence-electron chi connectivity index (χ1n) is 6.32. The first-order valence-corrected chi connectivity index (χ1v) is 7.20. The third kappa shape index (κ3) is 2.58. The van der Waals surface area contributed by atoms with Crippen LogP contribution in [0.5, 0.6) is 0 Å². The Morgan fingerprint density at radius 3 is 2.60 bits per heavy atom. The second-order valence-corrected chi connectivity index (χ2v) is 5.60. The maximum atomic E-state index is 12.2. The molecule has 5 heteroatoms. The zero-order chi connectivity index (χ0) is 13.9. The number of cyclic esters (lactones) is 1. The lowest BCUT2D eigenvalue weighted by molar-refractivity contribution is -0.130. The Balaban J connectivity index is 1.70. The van der Waals surface area contributed by atoms with Crippen molar-refractivity contribution in [3.05, 3.63) is 58.3 Å². The van der Waals surface area contributed by atoms with Gasteiger partial charge in [-0.1, -0.05) is 36.4 Å². The molecule has 0 saturated carbocycles. The fraction of sp³-hybridized carbons (Fsp3) is 0.200. The van der Waals surface area contributed by atoms with E-state index >= 15 is 0 Å². The molecule has 0 aliphatic carbocycles. The highest BCUT2D eigenvalue weighted by Crippen LogP contribution is 2.21. The molecule has 4 nitrogen and oxygen atoms in total. The summed E-state index contributed by atoms with van der Waals surface area (Å²) in [6.07, 6.45) is -0.793. The van der Waals surface area contributed by atoms with E-state index in [0.717, 1.165) is 10.4 Å². The molecular weight excluding hydrogens is 274 g/mol. The average Bonchev–Trinajstić information content (AvgIpc) is 3.05. The van der Waals surface area contributed by atoms with Gasteiger partial charge in [0.25, 0.3) is 5.91 Å². The standard InChI is InChI=1S/C15H13NO3S/c17-14-13(9-12-7-4-8-20-12)19-15(18)16(14)10-11-5-2-1-3-6-11/h1-8,13H,9-10H2. The van der Waals surface area contributed by atoms with Crippen LogP contribution in [0.3, 0.4) is 0 Å². The normalized spacial score (nSPS) is 18.4. The van der Waals surface area contributed by atoms with Crippen molar-refractivity contribution in [3.8, 4) is 0 Å². The number of carbonyl (C=O) groups excluding carboxylic acids is 2. The topological polar surface area (TPSA) is 46.6 Å². The predicted octanol–water partition coefficient (Wildman–Crippen LogP) is 2.84. The Kier molecular flexibility index (Phi) is 3.52. The van der Waals surface area contributed by atoms with Crippen LogP contribution in [-0.4, -0.2) is 23.0 Å². The number of nitrogens with zero attached hydrogens (tertiary/aromatic N) is 1. The number of imide groups is 1. The van der Waals surface area contributed by atoms with Gasteiger partial charge < -0.3 is 4.74 Å². The minimum atomic E-state index is -0.690. The molecular formula is C15H13NO3S. The molecule has 0 N–H and O–H groups in total. The van der Waals surface area contributed by atoms with Gasteiger partial charge in [0.2, 0.25) is 0 Å². The van der Waals surface area contributed by atoms with E-state index in [1.807, 2.05) is 47.8 Å². The van der Waals surface area contributed by atoms with Crippen molar-refractivity contribution in [1.82, 2.24) is 4.90 Å². The van der Waals surface area contributed by atoms with Gasteiger partial charge in [0, 0.05) is 11.3 Å². The smallest absolute Gasteiger partial charge is 0.417 e. The predicted molar refractivity (Wildman–Crippen MR) is 75.3 cm³/mol. The van der Waals surface area contributed by atoms with Crippen molar-refractivity contribution in [2.24, 2.45) is 0 Å². The molecule has 1 atom stereocenters. The molecule has 1 aromatic carbocycles. The fourth-order valence-electron chi connectivity index (χ4n) is 2.15. The summed E-state index contributed by atoms with van der Waals surface area (Å²) in [7, 11) is 0. The molecule has 1 aliphatic heterocycles. The van der Waals surface area contributed by atoms with E-state index in [2.05, 4.69) is 0 Å². The van der Waals surface area contributed by atoms with Gasteiger partial charge in [-0.25, -0.2) is 9.69 Å². The summed E-state index contributed by atoms with van der Waals surface area (Å²) in [6, 6.07) is 13.3. The first kappa shape index (κ1) is 12.9. The van der Waals surface area contributed by atoms with Crippen molar-refractivity contribution in [2.45, 2.75) is 19.1 Å². The lowest BCUT2D eigenvalue weighted by Gasteiger charge is -2.10.